The maximum Gasteiger partial charge on any atom is 0.254 e. The van der Waals surface area contributed by atoms with E-state index < -0.39 is 5.82 Å². The molecule has 6 nitrogen and oxygen atoms in total. The minimum Gasteiger partial charge on any atom is -0.379 e. The average molecular weight is 528 g/mol. The molecule has 1 aliphatic rings. The van der Waals surface area contributed by atoms with Gasteiger partial charge in [-0.25, -0.2) is 8.78 Å². The first-order valence-electron chi connectivity index (χ1n) is 12.3. The van der Waals surface area contributed by atoms with Crippen LogP contribution in [0.5, 0.6) is 0 Å². The zero-order valence-electron chi connectivity index (χ0n) is 20.9. The normalized spacial score (nSPS) is 13.9. The number of hydrogen-bond donors (Lipinski definition) is 0. The Balaban J connectivity index is 1.53. The smallest absolute Gasteiger partial charge is 0.254 e. The lowest BCUT2D eigenvalue weighted by molar-refractivity contribution is -0.133. The van der Waals surface area contributed by atoms with E-state index in [1.165, 1.54) is 41.3 Å². The molecule has 2 heterocycles. The van der Waals surface area contributed by atoms with Gasteiger partial charge in [0.15, 0.2) is 0 Å². The van der Waals surface area contributed by atoms with E-state index in [0.29, 0.717) is 38.4 Å². The zero-order valence-corrected chi connectivity index (χ0v) is 21.7. The molecular weight excluding hydrogens is 496 g/mol. The lowest BCUT2D eigenvalue weighted by atomic mass is 10.1. The zero-order chi connectivity index (χ0) is 26.2. The minimum atomic E-state index is -0.427. The van der Waals surface area contributed by atoms with Crippen molar-refractivity contribution in [1.29, 1.82) is 0 Å². The Morgan fingerprint density at radius 2 is 1.54 bits per heavy atom. The van der Waals surface area contributed by atoms with Crippen LogP contribution < -0.4 is 0 Å². The van der Waals surface area contributed by atoms with Gasteiger partial charge in [-0.3, -0.25) is 14.5 Å². The lowest BCUT2D eigenvalue weighted by Gasteiger charge is -2.31. The molecule has 1 saturated heterocycles. The van der Waals surface area contributed by atoms with Crippen molar-refractivity contribution in [1.82, 2.24) is 14.7 Å². The molecule has 37 heavy (non-hydrogen) atoms. The Morgan fingerprint density at radius 3 is 2.16 bits per heavy atom. The van der Waals surface area contributed by atoms with Crippen LogP contribution in [0.3, 0.4) is 0 Å². The highest BCUT2D eigenvalue weighted by atomic mass is 32.1. The third-order valence-electron chi connectivity index (χ3n) is 6.28. The maximum atomic E-state index is 13.6. The number of aryl methyl sites for hydroxylation is 1. The molecule has 2 aromatic carbocycles. The number of carbonyl (C=O) groups excluding carboxylic acids is 2. The fourth-order valence-electron chi connectivity index (χ4n) is 4.18. The number of hydrogen-bond acceptors (Lipinski definition) is 5. The van der Waals surface area contributed by atoms with Crippen molar-refractivity contribution in [3.63, 3.8) is 0 Å². The van der Waals surface area contributed by atoms with E-state index >= 15 is 0 Å². The fourth-order valence-corrected chi connectivity index (χ4v) is 5.08. The van der Waals surface area contributed by atoms with Gasteiger partial charge in [-0.05, 0) is 61.0 Å². The molecule has 1 aliphatic heterocycles. The van der Waals surface area contributed by atoms with Crippen LogP contribution in [-0.4, -0.2) is 72.5 Å². The standard InChI is InChI=1S/C28H31F2N3O3S/c1-21-2-11-26(37-21)19-33(18-22-3-7-24(29)8-4-22)27(34)20-32(13-12-31-14-16-36-17-15-31)28(35)23-5-9-25(30)10-6-23/h2-11H,12-20H2,1H3. The number of nitrogens with zero attached hydrogens (tertiary/aromatic N) is 3. The number of halogens is 2. The van der Waals surface area contributed by atoms with Gasteiger partial charge in [-0.15, -0.1) is 11.3 Å². The first-order valence-corrected chi connectivity index (χ1v) is 13.1. The molecule has 1 aromatic heterocycles. The van der Waals surface area contributed by atoms with Crippen molar-refractivity contribution in [2.45, 2.75) is 20.0 Å². The predicted octanol–water partition coefficient (Wildman–Crippen LogP) is 4.34. The third kappa shape index (κ3) is 7.92. The van der Waals surface area contributed by atoms with Gasteiger partial charge in [-0.1, -0.05) is 12.1 Å². The molecule has 0 radical (unpaired) electrons. The molecule has 0 atom stereocenters. The van der Waals surface area contributed by atoms with Crippen LogP contribution in [0.15, 0.2) is 60.7 Å². The average Bonchev–Trinajstić information content (AvgIpc) is 3.32. The second-order valence-corrected chi connectivity index (χ2v) is 10.4. The number of benzene rings is 2. The van der Waals surface area contributed by atoms with Crippen LogP contribution in [0.25, 0.3) is 0 Å². The van der Waals surface area contributed by atoms with Crippen molar-refractivity contribution in [3.05, 3.63) is 93.2 Å². The summed E-state index contributed by atoms with van der Waals surface area (Å²) in [5.41, 5.74) is 1.13. The summed E-state index contributed by atoms with van der Waals surface area (Å²) in [6, 6.07) is 15.4. The van der Waals surface area contributed by atoms with E-state index in [-0.39, 0.29) is 30.7 Å². The summed E-state index contributed by atoms with van der Waals surface area (Å²) in [5.74, 6) is -1.30. The van der Waals surface area contributed by atoms with Gasteiger partial charge in [-0.2, -0.15) is 0 Å². The molecule has 1 fully saturated rings. The number of ether oxygens (including phenoxy) is 1. The predicted molar refractivity (Wildman–Crippen MR) is 139 cm³/mol. The molecule has 0 aliphatic carbocycles. The molecule has 9 heteroatoms. The van der Waals surface area contributed by atoms with Gasteiger partial charge < -0.3 is 14.5 Å². The number of carbonyl (C=O) groups is 2. The first-order chi connectivity index (χ1) is 17.9. The molecule has 4 rings (SSSR count). The molecule has 0 spiro atoms. The SMILES string of the molecule is Cc1ccc(CN(Cc2ccc(F)cc2)C(=O)CN(CCN2CCOCC2)C(=O)c2ccc(F)cc2)s1. The summed E-state index contributed by atoms with van der Waals surface area (Å²) in [6.07, 6.45) is 0. The number of morpholine rings is 1. The topological polar surface area (TPSA) is 53.1 Å². The lowest BCUT2D eigenvalue weighted by Crippen LogP contribution is -2.47. The monoisotopic (exact) mass is 527 g/mol. The van der Waals surface area contributed by atoms with Crippen molar-refractivity contribution in [3.8, 4) is 0 Å². The van der Waals surface area contributed by atoms with Crippen molar-refractivity contribution < 1.29 is 23.1 Å². The number of amides is 2. The molecule has 2 amide bonds. The van der Waals surface area contributed by atoms with Crippen LogP contribution in [0.4, 0.5) is 8.78 Å². The number of thiophene rings is 1. The Hall–Kier alpha value is -3.14. The fraction of sp³-hybridized carbons (Fsp3) is 0.357. The first kappa shape index (κ1) is 26.9. The number of rotatable bonds is 10. The Labute approximate surface area is 220 Å². The van der Waals surface area contributed by atoms with E-state index in [1.54, 1.807) is 28.4 Å². The van der Waals surface area contributed by atoms with E-state index in [2.05, 4.69) is 4.90 Å². The molecule has 0 saturated carbocycles. The van der Waals surface area contributed by atoms with Gasteiger partial charge >= 0.3 is 0 Å². The van der Waals surface area contributed by atoms with Gasteiger partial charge in [0.1, 0.15) is 18.2 Å². The van der Waals surface area contributed by atoms with E-state index in [0.717, 1.165) is 28.4 Å². The highest BCUT2D eigenvalue weighted by Crippen LogP contribution is 2.19. The van der Waals surface area contributed by atoms with Gasteiger partial charge in [0.2, 0.25) is 5.91 Å². The van der Waals surface area contributed by atoms with E-state index in [1.807, 2.05) is 19.1 Å². The Bertz CT molecular complexity index is 1180. The largest absolute Gasteiger partial charge is 0.379 e. The molecule has 0 bridgehead atoms. The Morgan fingerprint density at radius 1 is 0.892 bits per heavy atom. The molecule has 196 valence electrons. The van der Waals surface area contributed by atoms with Crippen LogP contribution >= 0.6 is 11.3 Å². The van der Waals surface area contributed by atoms with Crippen molar-refractivity contribution in [2.24, 2.45) is 0 Å². The third-order valence-corrected chi connectivity index (χ3v) is 7.26. The van der Waals surface area contributed by atoms with E-state index in [9.17, 15) is 18.4 Å². The van der Waals surface area contributed by atoms with Crippen molar-refractivity contribution in [2.75, 3.05) is 45.9 Å². The van der Waals surface area contributed by atoms with Gasteiger partial charge in [0.05, 0.1) is 19.8 Å². The van der Waals surface area contributed by atoms with E-state index in [4.69, 9.17) is 4.74 Å². The summed E-state index contributed by atoms with van der Waals surface area (Å²) in [7, 11) is 0. The summed E-state index contributed by atoms with van der Waals surface area (Å²) in [5, 5.41) is 0. The summed E-state index contributed by atoms with van der Waals surface area (Å²) < 4.78 is 32.3. The summed E-state index contributed by atoms with van der Waals surface area (Å²) >= 11 is 1.61. The van der Waals surface area contributed by atoms with Crippen LogP contribution in [-0.2, 0) is 22.6 Å². The summed E-state index contributed by atoms with van der Waals surface area (Å²) in [4.78, 5) is 34.6. The molecule has 0 N–H and O–H groups in total. The highest BCUT2D eigenvalue weighted by Gasteiger charge is 2.24. The van der Waals surface area contributed by atoms with Crippen LogP contribution in [0.2, 0.25) is 0 Å². The second-order valence-electron chi connectivity index (χ2n) is 9.08. The van der Waals surface area contributed by atoms with Crippen LogP contribution in [0.1, 0.15) is 25.7 Å². The Kier molecular flexibility index (Phi) is 9.38. The van der Waals surface area contributed by atoms with Gasteiger partial charge in [0.25, 0.3) is 5.91 Å². The molecule has 0 unspecified atom stereocenters. The second kappa shape index (κ2) is 12.9. The van der Waals surface area contributed by atoms with Crippen LogP contribution in [0, 0.1) is 18.6 Å². The highest BCUT2D eigenvalue weighted by molar-refractivity contribution is 7.11. The quantitative estimate of drug-likeness (QED) is 0.394. The van der Waals surface area contributed by atoms with Gasteiger partial charge in [0, 0.05) is 48.0 Å². The minimum absolute atomic E-state index is 0.119. The molecule has 3 aromatic rings. The van der Waals surface area contributed by atoms with Crippen molar-refractivity contribution >= 4 is 23.2 Å². The molecular formula is C28H31F2N3O3S. The summed E-state index contributed by atoms with van der Waals surface area (Å²) in [6.45, 7) is 6.32. The maximum absolute atomic E-state index is 13.6.